The summed E-state index contributed by atoms with van der Waals surface area (Å²) in [4.78, 5) is 0.427. The molecule has 0 aliphatic rings. The van der Waals surface area contributed by atoms with Gasteiger partial charge in [-0.05, 0) is 43.9 Å². The molecular formula is C15H25NO2S. The molecule has 0 saturated heterocycles. The Morgan fingerprint density at radius 1 is 1.11 bits per heavy atom. The van der Waals surface area contributed by atoms with Crippen molar-refractivity contribution in [2.75, 3.05) is 12.3 Å². The Balaban J connectivity index is 2.50. The van der Waals surface area contributed by atoms with Crippen molar-refractivity contribution in [2.24, 2.45) is 11.1 Å². The van der Waals surface area contributed by atoms with Crippen LogP contribution in [0.2, 0.25) is 0 Å². The van der Waals surface area contributed by atoms with Crippen LogP contribution in [0.3, 0.4) is 0 Å². The normalized spacial score (nSPS) is 12.6. The van der Waals surface area contributed by atoms with Gasteiger partial charge >= 0.3 is 0 Å². The molecule has 19 heavy (non-hydrogen) atoms. The van der Waals surface area contributed by atoms with E-state index in [1.165, 1.54) is 0 Å². The summed E-state index contributed by atoms with van der Waals surface area (Å²) in [5.74, 6) is 0.219. The Bertz CT molecular complexity index is 489. The first kappa shape index (κ1) is 16.2. The summed E-state index contributed by atoms with van der Waals surface area (Å²) in [6.07, 6.45) is 2.56. The molecule has 1 rings (SSSR count). The molecule has 0 aliphatic carbocycles. The predicted octanol–water partition coefficient (Wildman–Crippen LogP) is 2.92. The molecule has 3 nitrogen and oxygen atoms in total. The van der Waals surface area contributed by atoms with Crippen molar-refractivity contribution >= 4 is 9.84 Å². The highest BCUT2D eigenvalue weighted by molar-refractivity contribution is 7.91. The summed E-state index contributed by atoms with van der Waals surface area (Å²) in [6.45, 7) is 6.81. The first-order valence-corrected chi connectivity index (χ1v) is 8.42. The van der Waals surface area contributed by atoms with Gasteiger partial charge in [0.25, 0.3) is 0 Å². The standard InChI is InChI=1S/C15H25NO2S/c1-13-6-8-14(9-7-13)19(17,18)11-5-4-10-15(2,3)12-16/h6-9H,4-5,10-12,16H2,1-3H3. The minimum atomic E-state index is -3.13. The molecule has 0 aliphatic heterocycles. The molecule has 0 spiro atoms. The van der Waals surface area contributed by atoms with Crippen LogP contribution in [0.25, 0.3) is 0 Å². The molecule has 2 N–H and O–H groups in total. The Labute approximate surface area is 117 Å². The zero-order valence-electron chi connectivity index (χ0n) is 12.1. The monoisotopic (exact) mass is 283 g/mol. The van der Waals surface area contributed by atoms with Gasteiger partial charge in [-0.1, -0.05) is 38.0 Å². The molecule has 0 heterocycles. The van der Waals surface area contributed by atoms with Crippen LogP contribution >= 0.6 is 0 Å². The van der Waals surface area contributed by atoms with E-state index in [2.05, 4.69) is 13.8 Å². The lowest BCUT2D eigenvalue weighted by atomic mass is 9.88. The number of hydrogen-bond donors (Lipinski definition) is 1. The van der Waals surface area contributed by atoms with Crippen LogP contribution in [0.4, 0.5) is 0 Å². The number of sulfone groups is 1. The SMILES string of the molecule is Cc1ccc(S(=O)(=O)CCCCC(C)(C)CN)cc1. The second-order valence-electron chi connectivity index (χ2n) is 5.96. The molecular weight excluding hydrogens is 258 g/mol. The highest BCUT2D eigenvalue weighted by Crippen LogP contribution is 2.22. The highest BCUT2D eigenvalue weighted by Gasteiger charge is 2.17. The minimum Gasteiger partial charge on any atom is -0.330 e. The van der Waals surface area contributed by atoms with Gasteiger partial charge in [-0.2, -0.15) is 0 Å². The molecule has 4 heteroatoms. The summed E-state index contributed by atoms with van der Waals surface area (Å²) >= 11 is 0. The maximum Gasteiger partial charge on any atom is 0.178 e. The van der Waals surface area contributed by atoms with Crippen molar-refractivity contribution in [3.05, 3.63) is 29.8 Å². The van der Waals surface area contributed by atoms with Crippen molar-refractivity contribution < 1.29 is 8.42 Å². The predicted molar refractivity (Wildman–Crippen MR) is 79.9 cm³/mol. The van der Waals surface area contributed by atoms with Gasteiger partial charge in [0.1, 0.15) is 0 Å². The molecule has 0 bridgehead atoms. The van der Waals surface area contributed by atoms with Crippen LogP contribution in [-0.2, 0) is 9.84 Å². The van der Waals surface area contributed by atoms with Crippen molar-refractivity contribution in [3.63, 3.8) is 0 Å². The quantitative estimate of drug-likeness (QED) is 0.783. The van der Waals surface area contributed by atoms with E-state index in [4.69, 9.17) is 5.73 Å². The Morgan fingerprint density at radius 2 is 1.68 bits per heavy atom. The second kappa shape index (κ2) is 6.53. The van der Waals surface area contributed by atoms with E-state index in [0.717, 1.165) is 18.4 Å². The van der Waals surface area contributed by atoms with Crippen LogP contribution in [0.5, 0.6) is 0 Å². The van der Waals surface area contributed by atoms with Gasteiger partial charge in [0.05, 0.1) is 10.6 Å². The topological polar surface area (TPSA) is 60.2 Å². The van der Waals surface area contributed by atoms with E-state index in [9.17, 15) is 8.42 Å². The van der Waals surface area contributed by atoms with Crippen LogP contribution in [0.15, 0.2) is 29.2 Å². The molecule has 0 aromatic heterocycles. The average molecular weight is 283 g/mol. The Kier molecular flexibility index (Phi) is 5.56. The Hall–Kier alpha value is -0.870. The third kappa shape index (κ3) is 5.33. The summed E-state index contributed by atoms with van der Waals surface area (Å²) < 4.78 is 24.2. The van der Waals surface area contributed by atoms with Gasteiger partial charge in [0, 0.05) is 0 Å². The fourth-order valence-electron chi connectivity index (χ4n) is 1.86. The smallest absolute Gasteiger partial charge is 0.178 e. The zero-order valence-corrected chi connectivity index (χ0v) is 13.0. The Morgan fingerprint density at radius 3 is 2.21 bits per heavy atom. The third-order valence-corrected chi connectivity index (χ3v) is 5.27. The van der Waals surface area contributed by atoms with Gasteiger partial charge < -0.3 is 5.73 Å². The summed E-state index contributed by atoms with van der Waals surface area (Å²) in [6, 6.07) is 7.05. The van der Waals surface area contributed by atoms with Crippen molar-refractivity contribution in [1.82, 2.24) is 0 Å². The maximum atomic E-state index is 12.1. The van der Waals surface area contributed by atoms with E-state index in [0.29, 0.717) is 17.9 Å². The highest BCUT2D eigenvalue weighted by atomic mass is 32.2. The van der Waals surface area contributed by atoms with Crippen LogP contribution in [0, 0.1) is 12.3 Å². The fraction of sp³-hybridized carbons (Fsp3) is 0.600. The number of benzene rings is 1. The number of aryl methyl sites for hydroxylation is 1. The largest absolute Gasteiger partial charge is 0.330 e. The molecule has 0 atom stereocenters. The molecule has 1 aromatic rings. The summed E-state index contributed by atoms with van der Waals surface area (Å²) in [5, 5.41) is 0. The van der Waals surface area contributed by atoms with Gasteiger partial charge in [0.2, 0.25) is 0 Å². The fourth-order valence-corrected chi connectivity index (χ4v) is 3.23. The molecule has 1 aromatic carbocycles. The van der Waals surface area contributed by atoms with E-state index < -0.39 is 9.84 Å². The molecule has 0 fully saturated rings. The maximum absolute atomic E-state index is 12.1. The van der Waals surface area contributed by atoms with Crippen LogP contribution in [-0.4, -0.2) is 20.7 Å². The first-order chi connectivity index (χ1) is 8.77. The number of hydrogen-bond acceptors (Lipinski definition) is 3. The van der Waals surface area contributed by atoms with E-state index >= 15 is 0 Å². The van der Waals surface area contributed by atoms with E-state index in [1.807, 2.05) is 19.1 Å². The summed E-state index contributed by atoms with van der Waals surface area (Å²) in [5.41, 5.74) is 6.84. The lowest BCUT2D eigenvalue weighted by molar-refractivity contribution is 0.335. The van der Waals surface area contributed by atoms with Crippen molar-refractivity contribution in [2.45, 2.75) is 44.9 Å². The van der Waals surface area contributed by atoms with Gasteiger partial charge in [-0.3, -0.25) is 0 Å². The second-order valence-corrected chi connectivity index (χ2v) is 8.07. The minimum absolute atomic E-state index is 0.105. The van der Waals surface area contributed by atoms with Crippen LogP contribution < -0.4 is 5.73 Å². The zero-order chi connectivity index (χ0) is 14.5. The average Bonchev–Trinajstić information content (AvgIpc) is 2.35. The van der Waals surface area contributed by atoms with Crippen molar-refractivity contribution in [1.29, 1.82) is 0 Å². The molecule has 0 amide bonds. The lowest BCUT2D eigenvalue weighted by Gasteiger charge is -2.21. The molecule has 108 valence electrons. The van der Waals surface area contributed by atoms with Crippen molar-refractivity contribution in [3.8, 4) is 0 Å². The third-order valence-electron chi connectivity index (χ3n) is 3.45. The van der Waals surface area contributed by atoms with Gasteiger partial charge in [-0.25, -0.2) is 8.42 Å². The molecule has 0 saturated carbocycles. The first-order valence-electron chi connectivity index (χ1n) is 6.76. The van der Waals surface area contributed by atoms with Crippen LogP contribution in [0.1, 0.15) is 38.7 Å². The van der Waals surface area contributed by atoms with Gasteiger partial charge in [-0.15, -0.1) is 0 Å². The number of rotatable bonds is 7. The lowest BCUT2D eigenvalue weighted by Crippen LogP contribution is -2.23. The van der Waals surface area contributed by atoms with Gasteiger partial charge in [0.15, 0.2) is 9.84 Å². The molecule has 0 radical (unpaired) electrons. The van der Waals surface area contributed by atoms with E-state index in [1.54, 1.807) is 12.1 Å². The number of unbranched alkanes of at least 4 members (excludes halogenated alkanes) is 1. The summed E-state index contributed by atoms with van der Waals surface area (Å²) in [7, 11) is -3.13. The molecule has 0 unspecified atom stereocenters. The van der Waals surface area contributed by atoms with E-state index in [-0.39, 0.29) is 11.2 Å². The number of nitrogens with two attached hydrogens (primary N) is 1.